The van der Waals surface area contributed by atoms with E-state index < -0.39 is 6.04 Å². The van der Waals surface area contributed by atoms with E-state index in [-0.39, 0.29) is 37.9 Å². The Morgan fingerprint density at radius 2 is 2.44 bits per heavy atom. The highest BCUT2D eigenvalue weighted by Crippen LogP contribution is 1.93. The molecule has 0 rings (SSSR count). The Hall–Kier alpha value is -2.12. The molecule has 0 saturated heterocycles. The number of nitriles is 1. The zero-order valence-electron chi connectivity index (χ0n) is 10.2. The fourth-order valence-electron chi connectivity index (χ4n) is 1.09. The molecule has 0 aliphatic heterocycles. The van der Waals surface area contributed by atoms with Crippen molar-refractivity contribution in [2.45, 2.75) is 19.4 Å². The van der Waals surface area contributed by atoms with Gasteiger partial charge in [0.1, 0.15) is 0 Å². The van der Waals surface area contributed by atoms with Gasteiger partial charge >= 0.3 is 12.0 Å². The van der Waals surface area contributed by atoms with Crippen LogP contribution < -0.4 is 5.32 Å². The second-order valence-corrected chi connectivity index (χ2v) is 3.13. The first-order valence-electron chi connectivity index (χ1n) is 5.50. The molecule has 0 aliphatic rings. The molecule has 0 radical (unpaired) electrons. The van der Waals surface area contributed by atoms with Crippen LogP contribution in [0.4, 0.5) is 0 Å². The number of esters is 1. The summed E-state index contributed by atoms with van der Waals surface area (Å²) in [5.41, 5.74) is 0. The van der Waals surface area contributed by atoms with Crippen molar-refractivity contribution in [3.63, 3.8) is 0 Å². The maximum atomic E-state index is 11.1. The number of nitrogens with one attached hydrogen (secondary N) is 1. The smallest absolute Gasteiger partial charge is 0.363 e. The predicted octanol–water partition coefficient (Wildman–Crippen LogP) is -0.269. The number of hydrogen-bond acceptors (Lipinski definition) is 5. The summed E-state index contributed by atoms with van der Waals surface area (Å²) >= 11 is 0. The molecule has 0 aliphatic carbocycles. The van der Waals surface area contributed by atoms with Gasteiger partial charge in [-0.05, 0) is 6.92 Å². The largest absolute Gasteiger partial charge is 0.466 e. The van der Waals surface area contributed by atoms with Crippen LogP contribution in [0.25, 0.3) is 4.85 Å². The minimum absolute atomic E-state index is 0.107. The molecule has 0 spiro atoms. The fraction of sp³-hybridized carbons (Fsp3) is 0.636. The van der Waals surface area contributed by atoms with E-state index in [1.807, 2.05) is 0 Å². The summed E-state index contributed by atoms with van der Waals surface area (Å²) in [7, 11) is 0. The summed E-state index contributed by atoms with van der Waals surface area (Å²) in [4.78, 5) is 18.1. The van der Waals surface area contributed by atoms with Crippen molar-refractivity contribution in [1.82, 2.24) is 5.32 Å². The van der Waals surface area contributed by atoms with E-state index >= 15 is 0 Å². The Balaban J connectivity index is 4.32. The van der Waals surface area contributed by atoms with E-state index in [9.17, 15) is 4.79 Å². The van der Waals surface area contributed by atoms with Crippen molar-refractivity contribution in [2.24, 2.45) is 4.99 Å². The van der Waals surface area contributed by atoms with E-state index in [0.717, 1.165) is 0 Å². The summed E-state index contributed by atoms with van der Waals surface area (Å²) in [6, 6.07) is 0.736. The van der Waals surface area contributed by atoms with Gasteiger partial charge in [-0.2, -0.15) is 5.26 Å². The first kappa shape index (κ1) is 15.9. The van der Waals surface area contributed by atoms with Crippen LogP contribution in [-0.2, 0) is 9.53 Å². The number of nitrogens with zero attached hydrogens (tertiary/aromatic N) is 3. The van der Waals surface area contributed by atoms with E-state index in [2.05, 4.69) is 15.2 Å². The number of rotatable bonds is 7. The molecule has 2 N–H and O–H groups in total. The number of amidine groups is 1. The molecule has 0 fully saturated rings. The van der Waals surface area contributed by atoms with Gasteiger partial charge in [0.25, 0.3) is 0 Å². The molecule has 0 aromatic carbocycles. The van der Waals surface area contributed by atoms with Crippen molar-refractivity contribution in [2.75, 3.05) is 26.3 Å². The van der Waals surface area contributed by atoms with E-state index in [4.69, 9.17) is 21.7 Å². The monoisotopic (exact) mass is 252 g/mol. The normalized spacial score (nSPS) is 12.1. The Morgan fingerprint density at radius 3 is 2.94 bits per heavy atom. The highest BCUT2D eigenvalue weighted by molar-refractivity contribution is 5.91. The maximum Gasteiger partial charge on any atom is 0.363 e. The van der Waals surface area contributed by atoms with Gasteiger partial charge in [0.05, 0.1) is 26.2 Å². The van der Waals surface area contributed by atoms with Crippen LogP contribution >= 0.6 is 0 Å². The molecule has 18 heavy (non-hydrogen) atoms. The number of ether oxygens (including phenoxy) is 1. The number of aliphatic hydroxyl groups is 1. The van der Waals surface area contributed by atoms with Crippen LogP contribution in [0, 0.1) is 17.9 Å². The maximum absolute atomic E-state index is 11.1. The van der Waals surface area contributed by atoms with Crippen LogP contribution in [0.5, 0.6) is 0 Å². The lowest BCUT2D eigenvalue weighted by atomic mass is 10.3. The van der Waals surface area contributed by atoms with Crippen molar-refractivity contribution >= 4 is 11.8 Å². The van der Waals surface area contributed by atoms with Gasteiger partial charge in [0.15, 0.2) is 11.9 Å². The van der Waals surface area contributed by atoms with Gasteiger partial charge in [-0.3, -0.25) is 14.6 Å². The van der Waals surface area contributed by atoms with Crippen molar-refractivity contribution in [3.05, 3.63) is 11.4 Å². The number of aliphatic hydroxyl groups excluding tert-OH is 1. The van der Waals surface area contributed by atoms with Crippen molar-refractivity contribution in [1.29, 1.82) is 5.26 Å². The highest BCUT2D eigenvalue weighted by atomic mass is 16.5. The Morgan fingerprint density at radius 1 is 1.72 bits per heavy atom. The number of carbonyl (C=O) groups excluding carboxylic acids is 1. The van der Waals surface area contributed by atoms with Crippen LogP contribution in [0.2, 0.25) is 0 Å². The van der Waals surface area contributed by atoms with Crippen LogP contribution in [-0.4, -0.2) is 49.3 Å². The lowest BCUT2D eigenvalue weighted by molar-refractivity contribution is -0.142. The van der Waals surface area contributed by atoms with Crippen molar-refractivity contribution in [3.8, 4) is 6.07 Å². The number of hydrogen-bond donors (Lipinski definition) is 2. The molecule has 0 heterocycles. The second-order valence-electron chi connectivity index (χ2n) is 3.13. The third kappa shape index (κ3) is 6.46. The van der Waals surface area contributed by atoms with E-state index in [1.54, 1.807) is 13.0 Å². The SMILES string of the molecule is [C-]#[N+]C(C#N)C(=NCCO)NCCC(=O)OCC. The Bertz CT molecular complexity index is 353. The van der Waals surface area contributed by atoms with Gasteiger partial charge < -0.3 is 15.2 Å². The molecule has 0 saturated carbocycles. The Labute approximate surface area is 106 Å². The van der Waals surface area contributed by atoms with Gasteiger partial charge in [-0.25, -0.2) is 6.57 Å². The van der Waals surface area contributed by atoms with Crippen LogP contribution in [0.1, 0.15) is 13.3 Å². The van der Waals surface area contributed by atoms with Gasteiger partial charge in [-0.15, -0.1) is 0 Å². The minimum atomic E-state index is -1.04. The van der Waals surface area contributed by atoms with Crippen LogP contribution in [0.15, 0.2) is 4.99 Å². The van der Waals surface area contributed by atoms with E-state index in [0.29, 0.717) is 6.61 Å². The molecule has 7 heteroatoms. The molecule has 0 bridgehead atoms. The number of carbonyl (C=O) groups is 1. The average Bonchev–Trinajstić information content (AvgIpc) is 2.36. The van der Waals surface area contributed by atoms with E-state index in [1.165, 1.54) is 0 Å². The second kappa shape index (κ2) is 10.1. The average molecular weight is 252 g/mol. The van der Waals surface area contributed by atoms with Crippen LogP contribution in [0.3, 0.4) is 0 Å². The summed E-state index contributed by atoms with van der Waals surface area (Å²) in [6.45, 7) is 9.04. The first-order valence-corrected chi connectivity index (χ1v) is 5.50. The standard InChI is InChI=1S/C11H16N4O3/c1-3-18-10(17)4-5-14-11(15-6-7-16)9(8-12)13-2/h9,16H,3-7H2,1H3,(H,14,15). The highest BCUT2D eigenvalue weighted by Gasteiger charge is 2.19. The molecule has 1 unspecified atom stereocenters. The topological polar surface area (TPSA) is 99.1 Å². The zero-order valence-corrected chi connectivity index (χ0v) is 10.2. The lowest BCUT2D eigenvalue weighted by Gasteiger charge is -2.07. The summed E-state index contributed by atoms with van der Waals surface area (Å²) in [5.74, 6) is -0.186. The summed E-state index contributed by atoms with van der Waals surface area (Å²) < 4.78 is 4.73. The molecule has 0 aromatic rings. The fourth-order valence-corrected chi connectivity index (χ4v) is 1.09. The first-order chi connectivity index (χ1) is 8.69. The predicted molar refractivity (Wildman–Crippen MR) is 64.6 cm³/mol. The third-order valence-electron chi connectivity index (χ3n) is 1.83. The molecule has 98 valence electrons. The Kier molecular flexibility index (Phi) is 8.88. The van der Waals surface area contributed by atoms with Gasteiger partial charge in [0.2, 0.25) is 0 Å². The van der Waals surface area contributed by atoms with Gasteiger partial charge in [0, 0.05) is 6.54 Å². The number of aliphatic imine (C=N–C) groups is 1. The van der Waals surface area contributed by atoms with Gasteiger partial charge in [-0.1, -0.05) is 0 Å². The molecular weight excluding hydrogens is 236 g/mol. The van der Waals surface area contributed by atoms with Crippen molar-refractivity contribution < 1.29 is 14.6 Å². The minimum Gasteiger partial charge on any atom is -0.466 e. The molecule has 0 aromatic heterocycles. The third-order valence-corrected chi connectivity index (χ3v) is 1.83. The summed E-state index contributed by atoms with van der Waals surface area (Å²) in [5, 5.41) is 20.2. The molecular formula is C11H16N4O3. The summed E-state index contributed by atoms with van der Waals surface area (Å²) in [6.07, 6.45) is 0.127. The quantitative estimate of drug-likeness (QED) is 0.281. The lowest BCUT2D eigenvalue weighted by Crippen LogP contribution is -2.34. The zero-order chi connectivity index (χ0) is 13.8. The molecule has 1 atom stereocenters. The molecule has 7 nitrogen and oxygen atoms in total. The molecule has 0 amide bonds.